The van der Waals surface area contributed by atoms with E-state index in [9.17, 15) is 0 Å². The van der Waals surface area contributed by atoms with Crippen molar-refractivity contribution in [3.8, 4) is 5.75 Å². The molecule has 2 nitrogen and oxygen atoms in total. The molecule has 1 aliphatic heterocycles. The number of nitrogens with one attached hydrogen (secondary N) is 1. The lowest BCUT2D eigenvalue weighted by Crippen LogP contribution is -2.12. The van der Waals surface area contributed by atoms with Gasteiger partial charge in [-0.1, -0.05) is 13.0 Å². The molecule has 1 aromatic carbocycles. The summed E-state index contributed by atoms with van der Waals surface area (Å²) in [6.07, 6.45) is 0.221. The number of hydrogen-bond acceptors (Lipinski definition) is 3. The molecule has 1 atom stereocenters. The van der Waals surface area contributed by atoms with Crippen molar-refractivity contribution < 1.29 is 4.74 Å². The summed E-state index contributed by atoms with van der Waals surface area (Å²) in [7, 11) is 0. The summed E-state index contributed by atoms with van der Waals surface area (Å²) >= 11 is 1.92. The number of ether oxygens (including phenoxy) is 1. The summed E-state index contributed by atoms with van der Waals surface area (Å²) < 4.78 is 5.83. The second kappa shape index (κ2) is 5.00. The van der Waals surface area contributed by atoms with Crippen molar-refractivity contribution in [2.75, 3.05) is 17.6 Å². The van der Waals surface area contributed by atoms with E-state index in [1.54, 1.807) is 0 Å². The van der Waals surface area contributed by atoms with Gasteiger partial charge in [-0.15, -0.1) is 11.8 Å². The highest BCUT2D eigenvalue weighted by Crippen LogP contribution is 2.38. The minimum Gasteiger partial charge on any atom is -0.489 e. The topological polar surface area (TPSA) is 21.3 Å². The Morgan fingerprint density at radius 2 is 2.25 bits per heavy atom. The van der Waals surface area contributed by atoms with Gasteiger partial charge in [0.15, 0.2) is 0 Å². The molecule has 1 N–H and O–H groups in total. The molecule has 0 amide bonds. The Balaban J connectivity index is 2.28. The van der Waals surface area contributed by atoms with E-state index in [0.29, 0.717) is 5.92 Å². The fourth-order valence-corrected chi connectivity index (χ4v) is 2.80. The van der Waals surface area contributed by atoms with Gasteiger partial charge in [0.2, 0.25) is 0 Å². The van der Waals surface area contributed by atoms with Gasteiger partial charge in [-0.2, -0.15) is 0 Å². The standard InChI is InChI=1S/C13H19NOS/c1-9(2)15-11-5-4-6-12-13(11)14-7-10(3)8-16-12/h4-6,9-10,14H,7-8H2,1-3H3. The molecule has 1 aliphatic rings. The molecule has 0 aliphatic carbocycles. The first-order valence-corrected chi connectivity index (χ1v) is 6.81. The molecule has 2 rings (SSSR count). The molecule has 0 fully saturated rings. The van der Waals surface area contributed by atoms with E-state index < -0.39 is 0 Å². The normalized spacial score (nSPS) is 19.9. The van der Waals surface area contributed by atoms with Gasteiger partial charge in [0.05, 0.1) is 11.8 Å². The lowest BCUT2D eigenvalue weighted by atomic mass is 10.2. The van der Waals surface area contributed by atoms with Crippen molar-refractivity contribution >= 4 is 17.4 Å². The van der Waals surface area contributed by atoms with Crippen molar-refractivity contribution in [1.82, 2.24) is 0 Å². The third-order valence-corrected chi connectivity index (χ3v) is 3.89. The highest BCUT2D eigenvalue weighted by Gasteiger charge is 2.16. The fraction of sp³-hybridized carbons (Fsp3) is 0.538. The van der Waals surface area contributed by atoms with Gasteiger partial charge in [0.1, 0.15) is 5.75 Å². The summed E-state index contributed by atoms with van der Waals surface area (Å²) in [5.41, 5.74) is 1.17. The predicted molar refractivity (Wildman–Crippen MR) is 70.6 cm³/mol. The van der Waals surface area contributed by atoms with Crippen LogP contribution in [0.1, 0.15) is 20.8 Å². The highest BCUT2D eigenvalue weighted by molar-refractivity contribution is 7.99. The molecule has 0 saturated heterocycles. The van der Waals surface area contributed by atoms with Crippen LogP contribution in [-0.4, -0.2) is 18.4 Å². The summed E-state index contributed by atoms with van der Waals surface area (Å²) in [5.74, 6) is 2.85. The third kappa shape index (κ3) is 2.64. The van der Waals surface area contributed by atoms with E-state index >= 15 is 0 Å². The van der Waals surface area contributed by atoms with E-state index in [-0.39, 0.29) is 6.10 Å². The van der Waals surface area contributed by atoms with Crippen LogP contribution in [0.5, 0.6) is 5.75 Å². The Kier molecular flexibility index (Phi) is 3.64. The molecule has 16 heavy (non-hydrogen) atoms. The Bertz CT molecular complexity index is 365. The van der Waals surface area contributed by atoms with Crippen molar-refractivity contribution in [1.29, 1.82) is 0 Å². The molecule has 0 saturated carbocycles. The van der Waals surface area contributed by atoms with Crippen LogP contribution in [0.15, 0.2) is 23.1 Å². The van der Waals surface area contributed by atoms with E-state index in [0.717, 1.165) is 12.3 Å². The first-order valence-electron chi connectivity index (χ1n) is 5.83. The number of para-hydroxylation sites is 1. The number of thioether (sulfide) groups is 1. The molecule has 0 spiro atoms. The monoisotopic (exact) mass is 237 g/mol. The molecule has 88 valence electrons. The van der Waals surface area contributed by atoms with Crippen LogP contribution in [0.4, 0.5) is 5.69 Å². The van der Waals surface area contributed by atoms with Crippen molar-refractivity contribution in [2.45, 2.75) is 31.8 Å². The largest absolute Gasteiger partial charge is 0.489 e. The SMILES string of the molecule is CC1CNc2c(OC(C)C)cccc2SC1. The first kappa shape index (κ1) is 11.6. The van der Waals surface area contributed by atoms with Crippen LogP contribution in [0.2, 0.25) is 0 Å². The lowest BCUT2D eigenvalue weighted by molar-refractivity contribution is 0.243. The highest BCUT2D eigenvalue weighted by atomic mass is 32.2. The van der Waals surface area contributed by atoms with Gasteiger partial charge in [-0.05, 0) is 31.9 Å². The molecular formula is C13H19NOS. The summed E-state index contributed by atoms with van der Waals surface area (Å²) in [6, 6.07) is 6.28. The quantitative estimate of drug-likeness (QED) is 0.848. The zero-order valence-electron chi connectivity index (χ0n) is 10.1. The molecule has 1 heterocycles. The minimum absolute atomic E-state index is 0.221. The zero-order chi connectivity index (χ0) is 11.5. The molecular weight excluding hydrogens is 218 g/mol. The van der Waals surface area contributed by atoms with Crippen molar-refractivity contribution in [3.05, 3.63) is 18.2 Å². The first-order chi connectivity index (χ1) is 7.66. The van der Waals surface area contributed by atoms with Crippen molar-refractivity contribution in [3.63, 3.8) is 0 Å². The molecule has 3 heteroatoms. The number of hydrogen-bond donors (Lipinski definition) is 1. The Morgan fingerprint density at radius 3 is 3.00 bits per heavy atom. The van der Waals surface area contributed by atoms with Gasteiger partial charge in [0, 0.05) is 17.2 Å². The molecule has 0 radical (unpaired) electrons. The van der Waals surface area contributed by atoms with E-state index in [2.05, 4.69) is 38.2 Å². The average molecular weight is 237 g/mol. The van der Waals surface area contributed by atoms with E-state index in [1.807, 2.05) is 17.8 Å². The van der Waals surface area contributed by atoms with Gasteiger partial charge in [-0.25, -0.2) is 0 Å². The molecule has 0 bridgehead atoms. The van der Waals surface area contributed by atoms with Crippen molar-refractivity contribution in [2.24, 2.45) is 5.92 Å². The number of fused-ring (bicyclic) bond motifs is 1. The summed E-state index contributed by atoms with van der Waals surface area (Å²) in [5, 5.41) is 3.50. The van der Waals surface area contributed by atoms with Gasteiger partial charge in [0.25, 0.3) is 0 Å². The number of benzene rings is 1. The maximum Gasteiger partial charge on any atom is 0.143 e. The Labute approximate surface area is 102 Å². The predicted octanol–water partition coefficient (Wildman–Crippen LogP) is 3.63. The maximum atomic E-state index is 5.83. The minimum atomic E-state index is 0.221. The Morgan fingerprint density at radius 1 is 1.44 bits per heavy atom. The van der Waals surface area contributed by atoms with Gasteiger partial charge in [-0.3, -0.25) is 0 Å². The van der Waals surface area contributed by atoms with Gasteiger partial charge < -0.3 is 10.1 Å². The smallest absolute Gasteiger partial charge is 0.143 e. The maximum absolute atomic E-state index is 5.83. The van der Waals surface area contributed by atoms with Crippen LogP contribution in [0.25, 0.3) is 0 Å². The van der Waals surface area contributed by atoms with E-state index in [1.165, 1.54) is 16.3 Å². The van der Waals surface area contributed by atoms with Crippen LogP contribution in [0.3, 0.4) is 0 Å². The van der Waals surface area contributed by atoms with Crippen LogP contribution >= 0.6 is 11.8 Å². The molecule has 0 aromatic heterocycles. The lowest BCUT2D eigenvalue weighted by Gasteiger charge is -2.16. The fourth-order valence-electron chi connectivity index (χ4n) is 1.72. The molecule has 1 unspecified atom stereocenters. The summed E-state index contributed by atoms with van der Waals surface area (Å²) in [4.78, 5) is 1.31. The zero-order valence-corrected chi connectivity index (χ0v) is 10.9. The van der Waals surface area contributed by atoms with Gasteiger partial charge >= 0.3 is 0 Å². The second-order valence-electron chi connectivity index (χ2n) is 4.59. The number of anilines is 1. The third-order valence-electron chi connectivity index (χ3n) is 2.50. The summed E-state index contributed by atoms with van der Waals surface area (Å²) in [6.45, 7) is 7.42. The van der Waals surface area contributed by atoms with E-state index in [4.69, 9.17) is 4.74 Å². The van der Waals surface area contributed by atoms with Crippen LogP contribution < -0.4 is 10.1 Å². The van der Waals surface area contributed by atoms with Crippen LogP contribution in [-0.2, 0) is 0 Å². The average Bonchev–Trinajstić information content (AvgIpc) is 2.41. The Hall–Kier alpha value is -0.830. The molecule has 1 aromatic rings. The number of rotatable bonds is 2. The second-order valence-corrected chi connectivity index (χ2v) is 5.65. The van der Waals surface area contributed by atoms with Crippen LogP contribution in [0, 0.1) is 5.92 Å².